The van der Waals surface area contributed by atoms with Crippen LogP contribution in [0.4, 0.5) is 0 Å². The first-order valence-electron chi connectivity index (χ1n) is 3.52. The summed E-state index contributed by atoms with van der Waals surface area (Å²) in [5, 5.41) is 0. The minimum absolute atomic E-state index is 0.499. The number of hydrogen-bond donors (Lipinski definition) is 0. The lowest BCUT2D eigenvalue weighted by atomic mass is 10.1. The molecule has 0 aromatic carbocycles. The molecule has 11 heavy (non-hydrogen) atoms. The number of aromatic nitrogens is 1. The molecular weight excluding hydrogens is 253 g/mol. The fourth-order valence-corrected chi connectivity index (χ4v) is 2.09. The van der Waals surface area contributed by atoms with Crippen LogP contribution in [0.3, 0.4) is 0 Å². The van der Waals surface area contributed by atoms with Crippen LogP contribution in [-0.2, 0) is 11.3 Å². The van der Waals surface area contributed by atoms with E-state index in [9.17, 15) is 0 Å². The largest absolute Gasteiger partial charge is 0.375 e. The molecule has 0 bridgehead atoms. The number of halogens is 1. The first-order chi connectivity index (χ1) is 5.38. The standard InChI is InChI=1S/C8H8INO/c9-8-5-11-4-6-3-10-2-1-7(6)8/h1-3,8H,4-5H2. The Balaban J connectivity index is 2.44. The van der Waals surface area contributed by atoms with E-state index >= 15 is 0 Å². The normalized spacial score (nSPS) is 22.8. The maximum Gasteiger partial charge on any atom is 0.0735 e. The number of nitrogens with zero attached hydrogens (tertiary/aromatic N) is 1. The highest BCUT2D eigenvalue weighted by Gasteiger charge is 2.16. The van der Waals surface area contributed by atoms with Gasteiger partial charge in [0.1, 0.15) is 0 Å². The Morgan fingerprint density at radius 3 is 3.36 bits per heavy atom. The summed E-state index contributed by atoms with van der Waals surface area (Å²) in [4.78, 5) is 4.05. The third-order valence-electron chi connectivity index (χ3n) is 1.80. The topological polar surface area (TPSA) is 22.1 Å². The molecule has 1 aliphatic heterocycles. The molecule has 0 saturated heterocycles. The van der Waals surface area contributed by atoms with E-state index in [-0.39, 0.29) is 0 Å². The summed E-state index contributed by atoms with van der Waals surface area (Å²) in [5.41, 5.74) is 2.62. The van der Waals surface area contributed by atoms with Gasteiger partial charge in [-0.05, 0) is 11.6 Å². The van der Waals surface area contributed by atoms with Gasteiger partial charge in [0, 0.05) is 18.0 Å². The number of ether oxygens (including phenoxy) is 1. The molecule has 0 saturated carbocycles. The smallest absolute Gasteiger partial charge is 0.0735 e. The molecule has 1 atom stereocenters. The lowest BCUT2D eigenvalue weighted by molar-refractivity contribution is 0.111. The molecule has 0 N–H and O–H groups in total. The van der Waals surface area contributed by atoms with Gasteiger partial charge in [0.2, 0.25) is 0 Å². The second-order valence-corrected chi connectivity index (χ2v) is 4.06. The van der Waals surface area contributed by atoms with Crippen molar-refractivity contribution in [2.45, 2.75) is 10.5 Å². The first-order valence-corrected chi connectivity index (χ1v) is 4.77. The van der Waals surface area contributed by atoms with Crippen molar-refractivity contribution >= 4 is 22.6 Å². The highest BCUT2D eigenvalue weighted by molar-refractivity contribution is 14.1. The SMILES string of the molecule is IC1COCc2cnccc21. The predicted molar refractivity (Wildman–Crippen MR) is 50.7 cm³/mol. The molecule has 0 radical (unpaired) electrons. The van der Waals surface area contributed by atoms with Gasteiger partial charge >= 0.3 is 0 Å². The van der Waals surface area contributed by atoms with Crippen molar-refractivity contribution in [2.75, 3.05) is 6.61 Å². The summed E-state index contributed by atoms with van der Waals surface area (Å²) in [5.74, 6) is 0. The molecule has 1 aromatic heterocycles. The van der Waals surface area contributed by atoms with Crippen LogP contribution in [0.1, 0.15) is 15.1 Å². The molecule has 0 amide bonds. The molecule has 2 heterocycles. The number of fused-ring (bicyclic) bond motifs is 1. The minimum Gasteiger partial charge on any atom is -0.375 e. The van der Waals surface area contributed by atoms with Crippen LogP contribution in [-0.4, -0.2) is 11.6 Å². The summed E-state index contributed by atoms with van der Waals surface area (Å²) in [6.45, 7) is 1.56. The van der Waals surface area contributed by atoms with Crippen molar-refractivity contribution in [3.63, 3.8) is 0 Å². The van der Waals surface area contributed by atoms with E-state index in [0.29, 0.717) is 3.92 Å². The quantitative estimate of drug-likeness (QED) is 0.527. The predicted octanol–water partition coefficient (Wildman–Crippen LogP) is 2.09. The Labute approximate surface area is 79.1 Å². The number of alkyl halides is 1. The van der Waals surface area contributed by atoms with Gasteiger partial charge in [0.25, 0.3) is 0 Å². The molecular formula is C8H8INO. The Morgan fingerprint density at radius 1 is 1.64 bits per heavy atom. The zero-order chi connectivity index (χ0) is 7.68. The zero-order valence-corrected chi connectivity index (χ0v) is 8.11. The molecule has 2 rings (SSSR count). The van der Waals surface area contributed by atoms with Gasteiger partial charge in [0.05, 0.1) is 17.1 Å². The van der Waals surface area contributed by atoms with E-state index in [0.717, 1.165) is 13.2 Å². The average molecular weight is 261 g/mol. The number of pyridine rings is 1. The first kappa shape index (κ1) is 7.49. The van der Waals surface area contributed by atoms with Crippen molar-refractivity contribution in [3.05, 3.63) is 29.6 Å². The highest BCUT2D eigenvalue weighted by atomic mass is 127. The van der Waals surface area contributed by atoms with Crippen LogP contribution in [0.25, 0.3) is 0 Å². The zero-order valence-electron chi connectivity index (χ0n) is 5.96. The van der Waals surface area contributed by atoms with Crippen LogP contribution in [0, 0.1) is 0 Å². The fraction of sp³-hybridized carbons (Fsp3) is 0.375. The van der Waals surface area contributed by atoms with Crippen LogP contribution < -0.4 is 0 Å². The molecule has 0 aliphatic carbocycles. The van der Waals surface area contributed by atoms with Crippen LogP contribution in [0.15, 0.2) is 18.5 Å². The van der Waals surface area contributed by atoms with Crippen molar-refractivity contribution in [1.82, 2.24) is 4.98 Å². The van der Waals surface area contributed by atoms with Crippen LogP contribution in [0.5, 0.6) is 0 Å². The van der Waals surface area contributed by atoms with Gasteiger partial charge in [0.15, 0.2) is 0 Å². The maximum absolute atomic E-state index is 5.36. The second-order valence-electron chi connectivity index (χ2n) is 2.56. The van der Waals surface area contributed by atoms with Crippen molar-refractivity contribution in [1.29, 1.82) is 0 Å². The summed E-state index contributed by atoms with van der Waals surface area (Å²) >= 11 is 2.40. The van der Waals surface area contributed by atoms with Crippen molar-refractivity contribution in [2.24, 2.45) is 0 Å². The van der Waals surface area contributed by atoms with E-state index in [1.807, 2.05) is 12.4 Å². The maximum atomic E-state index is 5.36. The van der Waals surface area contributed by atoms with E-state index in [1.54, 1.807) is 0 Å². The molecule has 1 aromatic rings. The molecule has 3 heteroatoms. The molecule has 1 unspecified atom stereocenters. The highest BCUT2D eigenvalue weighted by Crippen LogP contribution is 2.30. The molecule has 0 spiro atoms. The number of hydrogen-bond acceptors (Lipinski definition) is 2. The van der Waals surface area contributed by atoms with E-state index in [1.165, 1.54) is 11.1 Å². The van der Waals surface area contributed by atoms with Gasteiger partial charge in [-0.2, -0.15) is 0 Å². The Hall–Kier alpha value is -0.160. The summed E-state index contributed by atoms with van der Waals surface area (Å²) in [6.07, 6.45) is 3.73. The van der Waals surface area contributed by atoms with Crippen LogP contribution in [0.2, 0.25) is 0 Å². The lowest BCUT2D eigenvalue weighted by Crippen LogP contribution is -2.12. The van der Waals surface area contributed by atoms with Crippen molar-refractivity contribution < 1.29 is 4.74 Å². The average Bonchev–Trinajstić information content (AvgIpc) is 2.06. The summed E-state index contributed by atoms with van der Waals surface area (Å²) < 4.78 is 5.86. The Bertz CT molecular complexity index is 264. The van der Waals surface area contributed by atoms with E-state index in [2.05, 4.69) is 33.6 Å². The van der Waals surface area contributed by atoms with Gasteiger partial charge in [-0.25, -0.2) is 0 Å². The van der Waals surface area contributed by atoms with E-state index in [4.69, 9.17) is 4.74 Å². The second kappa shape index (κ2) is 3.06. The summed E-state index contributed by atoms with van der Waals surface area (Å²) in [7, 11) is 0. The van der Waals surface area contributed by atoms with Gasteiger partial charge < -0.3 is 4.74 Å². The van der Waals surface area contributed by atoms with Gasteiger partial charge in [-0.15, -0.1) is 0 Å². The molecule has 2 nitrogen and oxygen atoms in total. The molecule has 58 valence electrons. The van der Waals surface area contributed by atoms with Gasteiger partial charge in [-0.3, -0.25) is 4.98 Å². The Kier molecular flexibility index (Phi) is 2.09. The Morgan fingerprint density at radius 2 is 2.55 bits per heavy atom. The summed E-state index contributed by atoms with van der Waals surface area (Å²) in [6, 6.07) is 2.08. The molecule has 0 fully saturated rings. The fourth-order valence-electron chi connectivity index (χ4n) is 1.23. The monoisotopic (exact) mass is 261 g/mol. The third-order valence-corrected chi connectivity index (χ3v) is 2.83. The minimum atomic E-state index is 0.499. The molecule has 1 aliphatic rings. The van der Waals surface area contributed by atoms with Crippen LogP contribution >= 0.6 is 22.6 Å². The third kappa shape index (κ3) is 1.39. The number of rotatable bonds is 0. The lowest BCUT2D eigenvalue weighted by Gasteiger charge is -2.20. The van der Waals surface area contributed by atoms with Gasteiger partial charge in [-0.1, -0.05) is 22.6 Å². The van der Waals surface area contributed by atoms with Crippen molar-refractivity contribution in [3.8, 4) is 0 Å². The van der Waals surface area contributed by atoms with E-state index < -0.39 is 0 Å².